The number of amides is 3. The van der Waals surface area contributed by atoms with Gasteiger partial charge >= 0.3 is 5.97 Å². The summed E-state index contributed by atoms with van der Waals surface area (Å²) in [5.74, 6) is -0.744. The number of rotatable bonds is 7. The van der Waals surface area contributed by atoms with Crippen LogP contribution in [0.3, 0.4) is 0 Å². The van der Waals surface area contributed by atoms with Crippen LogP contribution in [0.2, 0.25) is 0 Å². The van der Waals surface area contributed by atoms with Crippen molar-refractivity contribution in [2.24, 2.45) is 17.3 Å². The maximum atomic E-state index is 12.5. The van der Waals surface area contributed by atoms with Gasteiger partial charge in [-0.2, -0.15) is 0 Å². The fourth-order valence-electron chi connectivity index (χ4n) is 4.11. The van der Waals surface area contributed by atoms with E-state index in [1.807, 2.05) is 0 Å². The molecule has 0 unspecified atom stereocenters. The summed E-state index contributed by atoms with van der Waals surface area (Å²) < 4.78 is 5.19. The number of ether oxygens (including phenoxy) is 1. The number of nitrogens with zero attached hydrogens (tertiary/aromatic N) is 2. The number of hydrogen-bond acceptors (Lipinski definition) is 7. The lowest BCUT2D eigenvalue weighted by atomic mass is 9.70. The third kappa shape index (κ3) is 6.90. The molecule has 0 bridgehead atoms. The van der Waals surface area contributed by atoms with Crippen molar-refractivity contribution in [3.8, 4) is 0 Å². The van der Waals surface area contributed by atoms with Crippen LogP contribution in [0, 0.1) is 17.3 Å². The topological polar surface area (TPSA) is 106 Å². The van der Waals surface area contributed by atoms with Crippen molar-refractivity contribution in [2.45, 2.75) is 46.5 Å². The molecule has 3 amide bonds. The summed E-state index contributed by atoms with van der Waals surface area (Å²) >= 11 is 0.856. The van der Waals surface area contributed by atoms with Gasteiger partial charge in [0.15, 0.2) is 6.61 Å². The van der Waals surface area contributed by atoms with Crippen molar-refractivity contribution < 1.29 is 23.9 Å². The van der Waals surface area contributed by atoms with E-state index >= 15 is 0 Å². The second-order valence-electron chi connectivity index (χ2n) is 9.49. The number of nitrogens with one attached hydrogen (secondary N) is 1. The monoisotopic (exact) mass is 473 g/mol. The second-order valence-corrected chi connectivity index (χ2v) is 10.5. The molecule has 9 heteroatoms. The average molecular weight is 474 g/mol. The van der Waals surface area contributed by atoms with Gasteiger partial charge in [0.05, 0.1) is 10.8 Å². The predicted molar refractivity (Wildman–Crippen MR) is 126 cm³/mol. The molecule has 3 rings (SSSR count). The molecule has 2 aliphatic rings. The van der Waals surface area contributed by atoms with Crippen molar-refractivity contribution in [1.82, 2.24) is 15.2 Å². The largest absolute Gasteiger partial charge is 0.455 e. The molecule has 0 atom stereocenters. The lowest BCUT2D eigenvalue weighted by molar-refractivity contribution is -0.154. The highest BCUT2D eigenvalue weighted by Crippen LogP contribution is 2.40. The fraction of sp³-hybridized carbons (Fsp3) is 0.542. The van der Waals surface area contributed by atoms with Gasteiger partial charge in [-0.25, -0.2) is 0 Å². The molecule has 1 aromatic heterocycles. The van der Waals surface area contributed by atoms with Crippen molar-refractivity contribution >= 4 is 40.9 Å². The Morgan fingerprint density at radius 3 is 2.61 bits per heavy atom. The zero-order chi connectivity index (χ0) is 24.0. The Labute approximate surface area is 198 Å². The number of esters is 1. The number of imide groups is 1. The molecule has 1 N–H and O–H groups in total. The van der Waals surface area contributed by atoms with E-state index in [-0.39, 0.29) is 42.2 Å². The third-order valence-corrected chi connectivity index (χ3v) is 7.05. The first-order valence-electron chi connectivity index (χ1n) is 11.2. The van der Waals surface area contributed by atoms with Crippen LogP contribution in [0.1, 0.15) is 52.0 Å². The maximum Gasteiger partial charge on any atom is 0.309 e. The third-order valence-electron chi connectivity index (χ3n) is 6.14. The molecule has 8 nitrogen and oxygen atoms in total. The van der Waals surface area contributed by atoms with Gasteiger partial charge < -0.3 is 10.1 Å². The quantitative estimate of drug-likeness (QED) is 0.476. The Morgan fingerprint density at radius 1 is 1.24 bits per heavy atom. The molecular formula is C24H31N3O5S. The highest BCUT2D eigenvalue weighted by Gasteiger charge is 2.35. The summed E-state index contributed by atoms with van der Waals surface area (Å²) in [7, 11) is 0. The Bertz CT molecular complexity index is 918. The molecular weight excluding hydrogens is 442 g/mol. The highest BCUT2D eigenvalue weighted by molar-refractivity contribution is 8.18. The van der Waals surface area contributed by atoms with Gasteiger partial charge in [-0.3, -0.25) is 29.1 Å². The zero-order valence-electron chi connectivity index (χ0n) is 19.3. The predicted octanol–water partition coefficient (Wildman–Crippen LogP) is 3.63. The first-order valence-corrected chi connectivity index (χ1v) is 12.1. The minimum absolute atomic E-state index is 0.0472. The summed E-state index contributed by atoms with van der Waals surface area (Å²) in [4.78, 5) is 54.4. The van der Waals surface area contributed by atoms with Gasteiger partial charge in [0.25, 0.3) is 17.1 Å². The number of aromatic nitrogens is 1. The minimum Gasteiger partial charge on any atom is -0.455 e. The van der Waals surface area contributed by atoms with E-state index in [0.717, 1.165) is 47.9 Å². The normalized spacial score (nSPS) is 22.5. The van der Waals surface area contributed by atoms with E-state index in [1.54, 1.807) is 30.6 Å². The summed E-state index contributed by atoms with van der Waals surface area (Å²) in [5, 5.41) is 2.21. The standard InChI is InChI=1S/C24H31N3O5S/c1-24(2,3)18-8-6-17(7-9-18)22(30)32-15-20(28)26-11-12-27-21(29)19(33-23(27)31)13-16-5-4-10-25-14-16/h4-5,10,13-14,17-18H,6-9,11-12,15H2,1-3H3,(H,26,28)/b19-13-. The Balaban J connectivity index is 1.37. The Hall–Kier alpha value is -2.68. The molecule has 1 aliphatic carbocycles. The first-order chi connectivity index (χ1) is 15.6. The van der Waals surface area contributed by atoms with Gasteiger partial charge in [-0.15, -0.1) is 0 Å². The molecule has 0 aromatic carbocycles. The molecule has 1 aliphatic heterocycles. The van der Waals surface area contributed by atoms with Gasteiger partial charge in [0.1, 0.15) is 0 Å². The molecule has 2 heterocycles. The zero-order valence-corrected chi connectivity index (χ0v) is 20.2. The summed E-state index contributed by atoms with van der Waals surface area (Å²) in [5.41, 5.74) is 0.964. The molecule has 2 fully saturated rings. The summed E-state index contributed by atoms with van der Waals surface area (Å²) in [6.07, 6.45) is 8.39. The van der Waals surface area contributed by atoms with Gasteiger partial charge in [-0.05, 0) is 66.5 Å². The second kappa shape index (κ2) is 11.0. The molecule has 33 heavy (non-hydrogen) atoms. The van der Waals surface area contributed by atoms with E-state index < -0.39 is 11.8 Å². The summed E-state index contributed by atoms with van der Waals surface area (Å²) in [6.45, 7) is 6.44. The molecule has 1 saturated heterocycles. The highest BCUT2D eigenvalue weighted by atomic mass is 32.2. The van der Waals surface area contributed by atoms with Crippen LogP contribution in [0.15, 0.2) is 29.4 Å². The van der Waals surface area contributed by atoms with Crippen LogP contribution in [0.4, 0.5) is 4.79 Å². The Kier molecular flexibility index (Phi) is 8.29. The van der Waals surface area contributed by atoms with Crippen LogP contribution in [-0.4, -0.2) is 52.6 Å². The molecule has 0 spiro atoms. The lowest BCUT2D eigenvalue weighted by Crippen LogP contribution is -2.39. The van der Waals surface area contributed by atoms with Crippen LogP contribution >= 0.6 is 11.8 Å². The van der Waals surface area contributed by atoms with Crippen LogP contribution in [0.25, 0.3) is 6.08 Å². The number of hydrogen-bond donors (Lipinski definition) is 1. The van der Waals surface area contributed by atoms with Gasteiger partial charge in [0, 0.05) is 25.5 Å². The Morgan fingerprint density at radius 2 is 1.97 bits per heavy atom. The fourth-order valence-corrected chi connectivity index (χ4v) is 4.98. The lowest BCUT2D eigenvalue weighted by Gasteiger charge is -2.36. The SMILES string of the molecule is CC(C)(C)C1CCC(C(=O)OCC(=O)NCCN2C(=O)S/C(=C\c3cccnc3)C2=O)CC1. The molecule has 1 aromatic rings. The van der Waals surface area contributed by atoms with E-state index in [0.29, 0.717) is 10.8 Å². The molecule has 0 radical (unpaired) electrons. The van der Waals surface area contributed by atoms with Crippen LogP contribution < -0.4 is 5.32 Å². The van der Waals surface area contributed by atoms with Crippen molar-refractivity contribution in [3.05, 3.63) is 35.0 Å². The van der Waals surface area contributed by atoms with Crippen molar-refractivity contribution in [3.63, 3.8) is 0 Å². The van der Waals surface area contributed by atoms with E-state index in [2.05, 4.69) is 31.1 Å². The first kappa shape index (κ1) is 25.0. The molecule has 1 saturated carbocycles. The van der Waals surface area contributed by atoms with Crippen molar-refractivity contribution in [1.29, 1.82) is 0 Å². The molecule has 178 valence electrons. The number of thioether (sulfide) groups is 1. The number of pyridine rings is 1. The number of carbonyl (C=O) groups is 4. The average Bonchev–Trinajstić information content (AvgIpc) is 3.05. The van der Waals surface area contributed by atoms with Gasteiger partial charge in [0.2, 0.25) is 0 Å². The number of carbonyl (C=O) groups excluding carboxylic acids is 4. The van der Waals surface area contributed by atoms with E-state index in [4.69, 9.17) is 4.74 Å². The smallest absolute Gasteiger partial charge is 0.309 e. The minimum atomic E-state index is -0.454. The van der Waals surface area contributed by atoms with E-state index in [9.17, 15) is 19.2 Å². The van der Waals surface area contributed by atoms with E-state index in [1.165, 1.54) is 0 Å². The van der Waals surface area contributed by atoms with Crippen molar-refractivity contribution in [2.75, 3.05) is 19.7 Å². The van der Waals surface area contributed by atoms with Crippen LogP contribution in [-0.2, 0) is 19.1 Å². The maximum absolute atomic E-state index is 12.5. The summed E-state index contributed by atoms with van der Waals surface area (Å²) in [6, 6.07) is 3.54. The van der Waals surface area contributed by atoms with Crippen LogP contribution in [0.5, 0.6) is 0 Å². The van der Waals surface area contributed by atoms with Gasteiger partial charge in [-0.1, -0.05) is 26.8 Å².